The molecule has 0 heterocycles. The molecule has 1 rings (SSSR count). The summed E-state index contributed by atoms with van der Waals surface area (Å²) in [5, 5.41) is 0. The van der Waals surface area contributed by atoms with Gasteiger partial charge < -0.3 is 15.2 Å². The quantitative estimate of drug-likeness (QED) is 0.866. The van der Waals surface area contributed by atoms with Gasteiger partial charge in [-0.25, -0.2) is 0 Å². The number of amides is 2. The number of quaternary nitrogens is 1. The summed E-state index contributed by atoms with van der Waals surface area (Å²) in [4.78, 5) is 23.1. The maximum absolute atomic E-state index is 12.4. The topological polar surface area (TPSA) is 78.6 Å². The number of nitrogens with two attached hydrogens (primary N) is 1. The van der Waals surface area contributed by atoms with Crippen LogP contribution in [0.1, 0.15) is 26.3 Å². The van der Waals surface area contributed by atoms with Crippen LogP contribution in [0.25, 0.3) is 0 Å². The van der Waals surface area contributed by atoms with E-state index in [4.69, 9.17) is 15.2 Å². The van der Waals surface area contributed by atoms with Gasteiger partial charge in [0.25, 0.3) is 5.91 Å². The van der Waals surface area contributed by atoms with E-state index in [1.54, 1.807) is 32.3 Å². The number of aryl methyl sites for hydroxylation is 1. The van der Waals surface area contributed by atoms with E-state index in [1.807, 2.05) is 27.7 Å². The van der Waals surface area contributed by atoms with Crippen LogP contribution in [0.4, 0.5) is 10.5 Å². The Kier molecular flexibility index (Phi) is 5.19. The Labute approximate surface area is 131 Å². The highest BCUT2D eigenvalue weighted by Gasteiger charge is 2.36. The molecule has 0 aromatic heterocycles. The van der Waals surface area contributed by atoms with Gasteiger partial charge in [0, 0.05) is 11.6 Å². The highest BCUT2D eigenvalue weighted by atomic mass is 16.6. The van der Waals surface area contributed by atoms with Crippen molar-refractivity contribution >= 4 is 17.7 Å². The first-order valence-electron chi connectivity index (χ1n) is 7.03. The number of carbonyl (C=O) groups excluding carboxylic acids is 2. The first-order chi connectivity index (χ1) is 9.93. The summed E-state index contributed by atoms with van der Waals surface area (Å²) in [6, 6.07) is 5.26. The van der Waals surface area contributed by atoms with Crippen LogP contribution < -0.4 is 15.0 Å². The molecule has 0 radical (unpaired) electrons. The van der Waals surface area contributed by atoms with Crippen LogP contribution in [0.5, 0.6) is 5.75 Å². The fraction of sp³-hybridized carbons (Fsp3) is 0.500. The van der Waals surface area contributed by atoms with Gasteiger partial charge >= 0.3 is 6.09 Å². The molecule has 1 aromatic carbocycles. The summed E-state index contributed by atoms with van der Waals surface area (Å²) in [5.74, 6) is -0.00386. The van der Waals surface area contributed by atoms with Crippen molar-refractivity contribution in [1.82, 2.24) is 4.48 Å². The van der Waals surface area contributed by atoms with Crippen molar-refractivity contribution in [2.24, 2.45) is 5.73 Å². The zero-order chi connectivity index (χ0) is 17.1. The highest BCUT2D eigenvalue weighted by Crippen LogP contribution is 2.29. The molecule has 2 N–H and O–H groups in total. The zero-order valence-electron chi connectivity index (χ0n) is 14.1. The third-order valence-corrected chi connectivity index (χ3v) is 3.00. The Bertz CT molecular complexity index is 574. The summed E-state index contributed by atoms with van der Waals surface area (Å²) in [5.41, 5.74) is 6.15. The maximum atomic E-state index is 12.4. The van der Waals surface area contributed by atoms with Crippen LogP contribution in [-0.2, 0) is 9.53 Å². The van der Waals surface area contributed by atoms with Gasteiger partial charge in [0.05, 0.1) is 14.1 Å². The monoisotopic (exact) mass is 309 g/mol. The predicted molar refractivity (Wildman–Crippen MR) is 85.7 cm³/mol. The molecule has 0 saturated carbocycles. The second-order valence-electron chi connectivity index (χ2n) is 6.64. The van der Waals surface area contributed by atoms with Gasteiger partial charge in [-0.15, -0.1) is 0 Å². The number of hydrogen-bond donors (Lipinski definition) is 1. The Morgan fingerprint density at radius 3 is 2.27 bits per heavy atom. The molecule has 1 aromatic rings. The van der Waals surface area contributed by atoms with Crippen molar-refractivity contribution in [2.45, 2.75) is 33.3 Å². The second kappa shape index (κ2) is 6.36. The normalized spacial score (nSPS) is 11.9. The molecule has 6 nitrogen and oxygen atoms in total. The summed E-state index contributed by atoms with van der Waals surface area (Å²) in [6.07, 6.45) is -0.346. The largest absolute Gasteiger partial charge is 0.521 e. The van der Waals surface area contributed by atoms with E-state index in [9.17, 15) is 9.59 Å². The minimum atomic E-state index is -0.551. The number of nitrogens with zero attached hydrogens (tertiary/aromatic N) is 1. The Morgan fingerprint density at radius 2 is 1.82 bits per heavy atom. The molecular weight excluding hydrogens is 284 g/mol. The first-order valence-corrected chi connectivity index (χ1v) is 7.03. The van der Waals surface area contributed by atoms with Crippen LogP contribution in [0, 0.1) is 6.92 Å². The van der Waals surface area contributed by atoms with Gasteiger partial charge in [0.15, 0.2) is 6.61 Å². The molecule has 0 unspecified atom stereocenters. The van der Waals surface area contributed by atoms with E-state index in [1.165, 1.54) is 0 Å². The van der Waals surface area contributed by atoms with Crippen molar-refractivity contribution < 1.29 is 19.1 Å². The highest BCUT2D eigenvalue weighted by molar-refractivity contribution is 5.83. The van der Waals surface area contributed by atoms with Crippen LogP contribution >= 0.6 is 0 Å². The molecule has 0 fully saturated rings. The van der Waals surface area contributed by atoms with Gasteiger partial charge in [0.1, 0.15) is 17.0 Å². The molecule has 0 aliphatic carbocycles. The Balaban J connectivity index is 3.00. The predicted octanol–water partition coefficient (Wildman–Crippen LogP) is 2.36. The average molecular weight is 309 g/mol. The SMILES string of the molecule is Cc1cc(OCC(N)=O)ccc1[N+](C)(C)C(=O)OC(C)(C)C. The standard InChI is InChI=1S/C16H24N2O4/c1-11-9-12(21-10-14(17)19)7-8-13(11)18(5,6)15(20)22-16(2,3)4/h7-9H,10H2,1-6H3,(H-,17,19)/p+1. The number of benzene rings is 1. The molecule has 0 atom stereocenters. The molecule has 6 heteroatoms. The fourth-order valence-corrected chi connectivity index (χ4v) is 1.97. The van der Waals surface area contributed by atoms with Crippen LogP contribution in [0.15, 0.2) is 18.2 Å². The molecule has 2 amide bonds. The minimum Gasteiger partial charge on any atom is -0.484 e. The molecule has 0 spiro atoms. The van der Waals surface area contributed by atoms with E-state index < -0.39 is 11.5 Å². The van der Waals surface area contributed by atoms with Gasteiger partial charge in [-0.3, -0.25) is 4.79 Å². The molecule has 0 aliphatic rings. The Hall–Kier alpha value is -2.08. The zero-order valence-corrected chi connectivity index (χ0v) is 14.1. The van der Waals surface area contributed by atoms with Crippen molar-refractivity contribution in [3.05, 3.63) is 23.8 Å². The number of ether oxygens (including phenoxy) is 2. The molecule has 0 bridgehead atoms. The van der Waals surface area contributed by atoms with Gasteiger partial charge in [-0.05, 0) is 39.8 Å². The summed E-state index contributed by atoms with van der Waals surface area (Å²) >= 11 is 0. The van der Waals surface area contributed by atoms with E-state index in [0.29, 0.717) is 5.75 Å². The average Bonchev–Trinajstić information content (AvgIpc) is 2.33. The molecule has 22 heavy (non-hydrogen) atoms. The number of carbonyl (C=O) groups is 2. The van der Waals surface area contributed by atoms with E-state index in [2.05, 4.69) is 0 Å². The van der Waals surface area contributed by atoms with Crippen molar-refractivity contribution in [2.75, 3.05) is 20.7 Å². The first kappa shape index (κ1) is 18.0. The van der Waals surface area contributed by atoms with E-state index >= 15 is 0 Å². The molecule has 0 aliphatic heterocycles. The summed E-state index contributed by atoms with van der Waals surface area (Å²) < 4.78 is 10.7. The van der Waals surface area contributed by atoms with Crippen molar-refractivity contribution in [3.8, 4) is 5.75 Å². The van der Waals surface area contributed by atoms with Gasteiger partial charge in [-0.1, -0.05) is 0 Å². The van der Waals surface area contributed by atoms with Crippen LogP contribution in [0.3, 0.4) is 0 Å². The molecule has 0 saturated heterocycles. The van der Waals surface area contributed by atoms with Crippen LogP contribution in [0.2, 0.25) is 0 Å². The molecular formula is C16H25N2O4+. The van der Waals surface area contributed by atoms with Crippen molar-refractivity contribution in [3.63, 3.8) is 0 Å². The fourth-order valence-electron chi connectivity index (χ4n) is 1.97. The van der Waals surface area contributed by atoms with Crippen molar-refractivity contribution in [1.29, 1.82) is 0 Å². The number of rotatable bonds is 4. The van der Waals surface area contributed by atoms with Gasteiger partial charge in [0.2, 0.25) is 0 Å². The summed E-state index contributed by atoms with van der Waals surface area (Å²) in [7, 11) is 3.53. The van der Waals surface area contributed by atoms with E-state index in [-0.39, 0.29) is 17.2 Å². The third-order valence-electron chi connectivity index (χ3n) is 3.00. The van der Waals surface area contributed by atoms with Gasteiger partial charge in [-0.2, -0.15) is 9.28 Å². The lowest BCUT2D eigenvalue weighted by atomic mass is 10.1. The van der Waals surface area contributed by atoms with E-state index in [0.717, 1.165) is 11.3 Å². The van der Waals surface area contributed by atoms with Crippen LogP contribution in [-0.4, -0.2) is 38.3 Å². The lowest BCUT2D eigenvalue weighted by Crippen LogP contribution is -2.49. The Morgan fingerprint density at radius 1 is 1.23 bits per heavy atom. The smallest absolute Gasteiger partial charge is 0.484 e. The minimum absolute atomic E-state index is 0.0425. The third kappa shape index (κ3) is 4.73. The molecule has 122 valence electrons. The maximum Gasteiger partial charge on any atom is 0.521 e. The number of hydrogen-bond acceptors (Lipinski definition) is 4. The lowest BCUT2D eigenvalue weighted by Gasteiger charge is -2.30. The number of primary amides is 1. The second-order valence-corrected chi connectivity index (χ2v) is 6.64. The summed E-state index contributed by atoms with van der Waals surface area (Å²) in [6.45, 7) is 7.19. The lowest BCUT2D eigenvalue weighted by molar-refractivity contribution is -0.119.